The number of aromatic nitrogens is 3. The fourth-order valence-electron chi connectivity index (χ4n) is 1.49. The summed E-state index contributed by atoms with van der Waals surface area (Å²) in [4.78, 5) is 0. The molecule has 106 valence electrons. The van der Waals surface area contributed by atoms with Gasteiger partial charge < -0.3 is 15.7 Å². The van der Waals surface area contributed by atoms with E-state index in [0.717, 1.165) is 5.56 Å². The number of nitrogens with one attached hydrogen (secondary N) is 1. The minimum Gasteiger partial charge on any atom is -0.504 e. The van der Waals surface area contributed by atoms with Gasteiger partial charge in [0, 0.05) is 0 Å². The molecular formula is C12H16N6O2. The number of hydrazone groups is 1. The lowest BCUT2D eigenvalue weighted by molar-refractivity contribution is 0.318. The molecule has 0 fully saturated rings. The first-order valence-electron chi connectivity index (χ1n) is 6.03. The van der Waals surface area contributed by atoms with Gasteiger partial charge in [-0.15, -0.1) is 10.2 Å². The van der Waals surface area contributed by atoms with Crippen LogP contribution < -0.4 is 16.0 Å². The Kier molecular flexibility index (Phi) is 4.04. The standard InChI is InChI=1S/C12H16N6O2/c1-3-20-11-6-9(4-5-10(11)19)7-14-16-12-17-15-8(2)18(12)13/h4-7,19H,3,13H2,1-2H3,(H,16,17)/b14-7-. The largest absolute Gasteiger partial charge is 0.504 e. The highest BCUT2D eigenvalue weighted by molar-refractivity contribution is 5.81. The van der Waals surface area contributed by atoms with Gasteiger partial charge in [-0.1, -0.05) is 0 Å². The van der Waals surface area contributed by atoms with Gasteiger partial charge in [-0.3, -0.25) is 0 Å². The molecule has 0 atom stereocenters. The van der Waals surface area contributed by atoms with Crippen LogP contribution in [0.15, 0.2) is 23.3 Å². The number of aromatic hydroxyl groups is 1. The number of ether oxygens (including phenoxy) is 1. The van der Waals surface area contributed by atoms with Crippen molar-refractivity contribution in [1.82, 2.24) is 14.9 Å². The SMILES string of the molecule is CCOc1cc(/C=N\Nc2nnc(C)n2N)ccc1O. The third-order valence-electron chi connectivity index (χ3n) is 2.53. The Hall–Kier alpha value is -2.77. The summed E-state index contributed by atoms with van der Waals surface area (Å²) in [7, 11) is 0. The first-order chi connectivity index (χ1) is 9.61. The lowest BCUT2D eigenvalue weighted by Crippen LogP contribution is -2.13. The van der Waals surface area contributed by atoms with Gasteiger partial charge in [0.15, 0.2) is 17.3 Å². The van der Waals surface area contributed by atoms with E-state index in [4.69, 9.17) is 10.6 Å². The summed E-state index contributed by atoms with van der Waals surface area (Å²) in [6, 6.07) is 4.94. The highest BCUT2D eigenvalue weighted by Gasteiger charge is 2.04. The Balaban J connectivity index is 2.08. The van der Waals surface area contributed by atoms with Gasteiger partial charge in [0.2, 0.25) is 0 Å². The topological polar surface area (TPSA) is 111 Å². The Morgan fingerprint density at radius 3 is 2.95 bits per heavy atom. The van der Waals surface area contributed by atoms with Crippen LogP contribution in [0.3, 0.4) is 0 Å². The number of aryl methyl sites for hydroxylation is 1. The number of nitrogens with two attached hydrogens (primary N) is 1. The van der Waals surface area contributed by atoms with Crippen LogP contribution in [0.1, 0.15) is 18.3 Å². The Bertz CT molecular complexity index is 622. The number of rotatable bonds is 5. The van der Waals surface area contributed by atoms with Crippen molar-refractivity contribution in [2.45, 2.75) is 13.8 Å². The third-order valence-corrected chi connectivity index (χ3v) is 2.53. The maximum absolute atomic E-state index is 9.59. The summed E-state index contributed by atoms with van der Waals surface area (Å²) in [6.07, 6.45) is 1.56. The predicted octanol–water partition coefficient (Wildman–Crippen LogP) is 0.851. The minimum atomic E-state index is 0.0919. The quantitative estimate of drug-likeness (QED) is 0.424. The molecule has 1 aromatic carbocycles. The van der Waals surface area contributed by atoms with Crippen molar-refractivity contribution in [3.63, 3.8) is 0 Å². The first kappa shape index (κ1) is 13.7. The van der Waals surface area contributed by atoms with Crippen molar-refractivity contribution >= 4 is 12.2 Å². The molecule has 0 aliphatic carbocycles. The van der Waals surface area contributed by atoms with E-state index in [1.807, 2.05) is 6.92 Å². The van der Waals surface area contributed by atoms with Crippen LogP contribution in [0.5, 0.6) is 11.5 Å². The molecule has 0 amide bonds. The first-order valence-corrected chi connectivity index (χ1v) is 6.03. The van der Waals surface area contributed by atoms with Gasteiger partial charge in [-0.05, 0) is 37.6 Å². The molecular weight excluding hydrogens is 260 g/mol. The molecule has 0 spiro atoms. The number of nitrogen functional groups attached to an aromatic ring is 1. The lowest BCUT2D eigenvalue weighted by atomic mass is 10.2. The minimum absolute atomic E-state index is 0.0919. The predicted molar refractivity (Wildman–Crippen MR) is 75.4 cm³/mol. The fourth-order valence-corrected chi connectivity index (χ4v) is 1.49. The van der Waals surface area contributed by atoms with Crippen molar-refractivity contribution in [3.8, 4) is 11.5 Å². The number of nitrogens with zero attached hydrogens (tertiary/aromatic N) is 4. The van der Waals surface area contributed by atoms with Crippen molar-refractivity contribution in [1.29, 1.82) is 0 Å². The molecule has 0 saturated carbocycles. The highest BCUT2D eigenvalue weighted by atomic mass is 16.5. The third kappa shape index (κ3) is 2.97. The second kappa shape index (κ2) is 5.91. The van der Waals surface area contributed by atoms with Gasteiger partial charge in [0.05, 0.1) is 12.8 Å². The number of anilines is 1. The summed E-state index contributed by atoms with van der Waals surface area (Å²) >= 11 is 0. The van der Waals surface area contributed by atoms with Crippen LogP contribution in [-0.4, -0.2) is 32.8 Å². The second-order valence-electron chi connectivity index (χ2n) is 3.97. The van der Waals surface area contributed by atoms with E-state index in [-0.39, 0.29) is 5.75 Å². The van der Waals surface area contributed by atoms with Crippen LogP contribution in [-0.2, 0) is 0 Å². The lowest BCUT2D eigenvalue weighted by Gasteiger charge is -2.06. The van der Waals surface area contributed by atoms with E-state index < -0.39 is 0 Å². The van der Waals surface area contributed by atoms with Crippen molar-refractivity contribution in [2.75, 3.05) is 17.9 Å². The molecule has 0 saturated heterocycles. The summed E-state index contributed by atoms with van der Waals surface area (Å²) in [6.45, 7) is 4.05. The molecule has 0 aliphatic rings. The van der Waals surface area contributed by atoms with Gasteiger partial charge in [-0.2, -0.15) is 5.10 Å². The van der Waals surface area contributed by atoms with Gasteiger partial charge >= 0.3 is 0 Å². The molecule has 2 aromatic rings. The van der Waals surface area contributed by atoms with E-state index in [0.29, 0.717) is 24.1 Å². The van der Waals surface area contributed by atoms with Gasteiger partial charge in [0.1, 0.15) is 0 Å². The van der Waals surface area contributed by atoms with Crippen LogP contribution in [0.4, 0.5) is 5.95 Å². The van der Waals surface area contributed by atoms with Crippen LogP contribution in [0.2, 0.25) is 0 Å². The fraction of sp³-hybridized carbons (Fsp3) is 0.250. The smallest absolute Gasteiger partial charge is 0.263 e. The van der Waals surface area contributed by atoms with Gasteiger partial charge in [0.25, 0.3) is 5.95 Å². The number of phenolic OH excluding ortho intramolecular Hbond substituents is 1. The zero-order valence-electron chi connectivity index (χ0n) is 11.2. The molecule has 20 heavy (non-hydrogen) atoms. The average molecular weight is 276 g/mol. The Labute approximate surface area is 115 Å². The molecule has 0 bridgehead atoms. The molecule has 0 unspecified atom stereocenters. The zero-order valence-corrected chi connectivity index (χ0v) is 11.2. The number of phenols is 1. The zero-order chi connectivity index (χ0) is 14.5. The Morgan fingerprint density at radius 1 is 1.50 bits per heavy atom. The number of benzene rings is 1. The van der Waals surface area contributed by atoms with Crippen molar-refractivity contribution < 1.29 is 9.84 Å². The van der Waals surface area contributed by atoms with E-state index in [1.165, 1.54) is 4.68 Å². The molecule has 1 aromatic heterocycles. The van der Waals surface area contributed by atoms with Crippen LogP contribution in [0, 0.1) is 6.92 Å². The van der Waals surface area contributed by atoms with Crippen molar-refractivity contribution in [3.05, 3.63) is 29.6 Å². The summed E-state index contributed by atoms with van der Waals surface area (Å²) in [5.74, 6) is 7.08. The number of hydrogen-bond acceptors (Lipinski definition) is 7. The molecule has 8 heteroatoms. The summed E-state index contributed by atoms with van der Waals surface area (Å²) in [5, 5.41) is 21.2. The molecule has 0 radical (unpaired) electrons. The molecule has 4 N–H and O–H groups in total. The number of hydrogen-bond donors (Lipinski definition) is 3. The molecule has 8 nitrogen and oxygen atoms in total. The average Bonchev–Trinajstić information content (AvgIpc) is 2.75. The van der Waals surface area contributed by atoms with E-state index in [2.05, 4.69) is 20.7 Å². The molecule has 2 rings (SSSR count). The van der Waals surface area contributed by atoms with Crippen molar-refractivity contribution in [2.24, 2.45) is 5.10 Å². The maximum atomic E-state index is 9.59. The van der Waals surface area contributed by atoms with Gasteiger partial charge in [-0.25, -0.2) is 10.1 Å². The highest BCUT2D eigenvalue weighted by Crippen LogP contribution is 2.26. The van der Waals surface area contributed by atoms with Crippen LogP contribution >= 0.6 is 0 Å². The molecule has 0 aliphatic heterocycles. The second-order valence-corrected chi connectivity index (χ2v) is 3.97. The Morgan fingerprint density at radius 2 is 2.30 bits per heavy atom. The van der Waals surface area contributed by atoms with Crippen LogP contribution in [0.25, 0.3) is 0 Å². The van der Waals surface area contributed by atoms with E-state index in [9.17, 15) is 5.11 Å². The maximum Gasteiger partial charge on any atom is 0.263 e. The summed E-state index contributed by atoms with van der Waals surface area (Å²) < 4.78 is 6.58. The summed E-state index contributed by atoms with van der Waals surface area (Å²) in [5.41, 5.74) is 3.44. The van der Waals surface area contributed by atoms with E-state index >= 15 is 0 Å². The normalized spacial score (nSPS) is 10.9. The molecule has 1 heterocycles. The van der Waals surface area contributed by atoms with E-state index in [1.54, 1.807) is 31.3 Å². The monoisotopic (exact) mass is 276 g/mol.